The number of benzene rings is 1. The molecule has 1 aromatic heterocycles. The van der Waals surface area contributed by atoms with Crippen LogP contribution in [0.3, 0.4) is 0 Å². The van der Waals surface area contributed by atoms with Crippen LogP contribution in [0.25, 0.3) is 0 Å². The molecule has 0 atom stereocenters. The smallest absolute Gasteiger partial charge is 0.132 e. The lowest BCUT2D eigenvalue weighted by Crippen LogP contribution is -2.43. The van der Waals surface area contributed by atoms with Crippen molar-refractivity contribution in [3.8, 4) is 0 Å². The second-order valence-electron chi connectivity index (χ2n) is 5.83. The molecule has 2 aromatic rings. The molecule has 1 aliphatic rings. The second-order valence-corrected chi connectivity index (χ2v) is 5.83. The standard InChI is InChI=1S/C17H20FN3O2/c1-23-11-15-10-16(20-12-19-15)21-8-6-17(22,7-9-21)13-2-4-14(18)5-3-13/h2-5,10,12,22H,6-9,11H2,1H3. The Morgan fingerprint density at radius 3 is 2.57 bits per heavy atom. The van der Waals surface area contributed by atoms with Gasteiger partial charge in [0, 0.05) is 26.3 Å². The van der Waals surface area contributed by atoms with Crippen molar-refractivity contribution in [1.82, 2.24) is 9.97 Å². The molecule has 2 heterocycles. The van der Waals surface area contributed by atoms with Crippen LogP contribution in [0.4, 0.5) is 10.2 Å². The molecule has 0 spiro atoms. The average molecular weight is 317 g/mol. The van der Waals surface area contributed by atoms with E-state index in [0.29, 0.717) is 32.5 Å². The van der Waals surface area contributed by atoms with Crippen molar-refractivity contribution in [2.45, 2.75) is 25.0 Å². The third kappa shape index (κ3) is 3.48. The van der Waals surface area contributed by atoms with Crippen molar-refractivity contribution >= 4 is 5.82 Å². The summed E-state index contributed by atoms with van der Waals surface area (Å²) in [5.74, 6) is 0.551. The number of piperidine rings is 1. The van der Waals surface area contributed by atoms with Crippen LogP contribution in [0.15, 0.2) is 36.7 Å². The van der Waals surface area contributed by atoms with Crippen LogP contribution < -0.4 is 4.90 Å². The Hall–Kier alpha value is -2.05. The van der Waals surface area contributed by atoms with E-state index in [2.05, 4.69) is 14.9 Å². The first-order chi connectivity index (χ1) is 11.1. The van der Waals surface area contributed by atoms with Gasteiger partial charge in [-0.05, 0) is 30.5 Å². The molecule has 1 fully saturated rings. The van der Waals surface area contributed by atoms with Crippen molar-refractivity contribution < 1.29 is 14.2 Å². The first-order valence-corrected chi connectivity index (χ1v) is 7.64. The highest BCUT2D eigenvalue weighted by Gasteiger charge is 2.34. The van der Waals surface area contributed by atoms with E-state index in [1.807, 2.05) is 6.07 Å². The molecular weight excluding hydrogens is 297 g/mol. The predicted octanol–water partition coefficient (Wildman–Crippen LogP) is 2.25. The van der Waals surface area contributed by atoms with Gasteiger partial charge in [0.05, 0.1) is 17.9 Å². The minimum absolute atomic E-state index is 0.290. The van der Waals surface area contributed by atoms with E-state index in [1.165, 1.54) is 18.5 Å². The molecule has 0 bridgehead atoms. The van der Waals surface area contributed by atoms with Gasteiger partial charge in [-0.3, -0.25) is 0 Å². The van der Waals surface area contributed by atoms with Gasteiger partial charge >= 0.3 is 0 Å². The minimum Gasteiger partial charge on any atom is -0.385 e. The van der Waals surface area contributed by atoms with Gasteiger partial charge in [0.15, 0.2) is 0 Å². The monoisotopic (exact) mass is 317 g/mol. The summed E-state index contributed by atoms with van der Waals surface area (Å²) < 4.78 is 18.1. The Labute approximate surface area is 134 Å². The molecule has 0 unspecified atom stereocenters. The summed E-state index contributed by atoms with van der Waals surface area (Å²) in [4.78, 5) is 10.6. The summed E-state index contributed by atoms with van der Waals surface area (Å²) in [7, 11) is 1.63. The SMILES string of the molecule is COCc1cc(N2CCC(O)(c3ccc(F)cc3)CC2)ncn1. The van der Waals surface area contributed by atoms with Crippen LogP contribution in [0, 0.1) is 5.82 Å². The summed E-state index contributed by atoms with van der Waals surface area (Å²) in [6, 6.07) is 8.01. The van der Waals surface area contributed by atoms with Crippen LogP contribution in [0.1, 0.15) is 24.1 Å². The molecule has 3 rings (SSSR count). The summed E-state index contributed by atoms with van der Waals surface area (Å²) in [6.07, 6.45) is 2.68. The molecule has 1 N–H and O–H groups in total. The Bertz CT molecular complexity index is 655. The summed E-state index contributed by atoms with van der Waals surface area (Å²) in [5, 5.41) is 10.8. The third-order valence-corrected chi connectivity index (χ3v) is 4.30. The maximum Gasteiger partial charge on any atom is 0.132 e. The molecule has 122 valence electrons. The zero-order chi connectivity index (χ0) is 16.3. The molecule has 1 aliphatic heterocycles. The fourth-order valence-electron chi connectivity index (χ4n) is 2.94. The highest BCUT2D eigenvalue weighted by atomic mass is 19.1. The first-order valence-electron chi connectivity index (χ1n) is 7.64. The predicted molar refractivity (Wildman–Crippen MR) is 84.5 cm³/mol. The highest BCUT2D eigenvalue weighted by molar-refractivity contribution is 5.40. The number of methoxy groups -OCH3 is 1. The third-order valence-electron chi connectivity index (χ3n) is 4.30. The number of anilines is 1. The number of aromatic nitrogens is 2. The number of hydrogen-bond donors (Lipinski definition) is 1. The van der Waals surface area contributed by atoms with Crippen LogP contribution in [-0.4, -0.2) is 35.3 Å². The van der Waals surface area contributed by atoms with Gasteiger partial charge in [-0.15, -0.1) is 0 Å². The van der Waals surface area contributed by atoms with Gasteiger partial charge < -0.3 is 14.7 Å². The van der Waals surface area contributed by atoms with Gasteiger partial charge in [0.2, 0.25) is 0 Å². The maximum absolute atomic E-state index is 13.0. The molecule has 0 radical (unpaired) electrons. The lowest BCUT2D eigenvalue weighted by atomic mass is 9.84. The number of nitrogens with zero attached hydrogens (tertiary/aromatic N) is 3. The van der Waals surface area contributed by atoms with E-state index < -0.39 is 5.60 Å². The van der Waals surface area contributed by atoms with Crippen molar-refractivity contribution in [1.29, 1.82) is 0 Å². The van der Waals surface area contributed by atoms with Gasteiger partial charge in [-0.1, -0.05) is 12.1 Å². The Kier molecular flexibility index (Phi) is 4.54. The zero-order valence-corrected chi connectivity index (χ0v) is 13.1. The average Bonchev–Trinajstić information content (AvgIpc) is 2.57. The summed E-state index contributed by atoms with van der Waals surface area (Å²) >= 11 is 0. The van der Waals surface area contributed by atoms with E-state index in [9.17, 15) is 9.50 Å². The molecule has 0 aliphatic carbocycles. The Morgan fingerprint density at radius 2 is 1.91 bits per heavy atom. The number of hydrogen-bond acceptors (Lipinski definition) is 5. The molecule has 1 saturated heterocycles. The van der Waals surface area contributed by atoms with Gasteiger partial charge in [-0.25, -0.2) is 14.4 Å². The van der Waals surface area contributed by atoms with Gasteiger partial charge in [-0.2, -0.15) is 0 Å². The largest absolute Gasteiger partial charge is 0.385 e. The lowest BCUT2D eigenvalue weighted by molar-refractivity contribution is 0.0116. The zero-order valence-electron chi connectivity index (χ0n) is 13.1. The topological polar surface area (TPSA) is 58.5 Å². The lowest BCUT2D eigenvalue weighted by Gasteiger charge is -2.39. The molecule has 23 heavy (non-hydrogen) atoms. The minimum atomic E-state index is -0.910. The quantitative estimate of drug-likeness (QED) is 0.937. The number of halogens is 1. The molecule has 1 aromatic carbocycles. The number of rotatable bonds is 4. The highest BCUT2D eigenvalue weighted by Crippen LogP contribution is 2.34. The van der Waals surface area contributed by atoms with Crippen LogP contribution in [-0.2, 0) is 16.9 Å². The van der Waals surface area contributed by atoms with Crippen LogP contribution in [0.5, 0.6) is 0 Å². The normalized spacial score (nSPS) is 17.3. The molecule has 5 nitrogen and oxygen atoms in total. The Balaban J connectivity index is 1.70. The number of aliphatic hydroxyl groups is 1. The van der Waals surface area contributed by atoms with Gasteiger partial charge in [0.1, 0.15) is 18.0 Å². The molecule has 6 heteroatoms. The van der Waals surface area contributed by atoms with Crippen LogP contribution >= 0.6 is 0 Å². The van der Waals surface area contributed by atoms with E-state index in [4.69, 9.17) is 4.74 Å². The summed E-state index contributed by atoms with van der Waals surface area (Å²) in [6.45, 7) is 1.80. The second kappa shape index (κ2) is 6.60. The van der Waals surface area contributed by atoms with E-state index in [1.54, 1.807) is 19.2 Å². The summed E-state index contributed by atoms with van der Waals surface area (Å²) in [5.41, 5.74) is 0.685. The molecule has 0 amide bonds. The molecular formula is C17H20FN3O2. The van der Waals surface area contributed by atoms with Crippen LogP contribution in [0.2, 0.25) is 0 Å². The van der Waals surface area contributed by atoms with E-state index in [-0.39, 0.29) is 5.82 Å². The fourth-order valence-corrected chi connectivity index (χ4v) is 2.94. The molecule has 0 saturated carbocycles. The number of ether oxygens (including phenoxy) is 1. The van der Waals surface area contributed by atoms with E-state index >= 15 is 0 Å². The van der Waals surface area contributed by atoms with Gasteiger partial charge in [0.25, 0.3) is 0 Å². The van der Waals surface area contributed by atoms with Crippen molar-refractivity contribution in [2.75, 3.05) is 25.1 Å². The van der Waals surface area contributed by atoms with Crippen molar-refractivity contribution in [2.24, 2.45) is 0 Å². The van der Waals surface area contributed by atoms with Crippen molar-refractivity contribution in [3.63, 3.8) is 0 Å². The van der Waals surface area contributed by atoms with E-state index in [0.717, 1.165) is 17.1 Å². The fraction of sp³-hybridized carbons (Fsp3) is 0.412. The Morgan fingerprint density at radius 1 is 1.22 bits per heavy atom. The first kappa shape index (κ1) is 15.8. The maximum atomic E-state index is 13.0. The van der Waals surface area contributed by atoms with Crippen molar-refractivity contribution in [3.05, 3.63) is 53.7 Å².